The first-order chi connectivity index (χ1) is 10.3. The molecule has 2 aromatic carbocycles. The van der Waals surface area contributed by atoms with Crippen molar-refractivity contribution < 1.29 is 9.53 Å². The Morgan fingerprint density at radius 3 is 2.76 bits per heavy atom. The maximum atomic E-state index is 11.7. The lowest BCUT2D eigenvalue weighted by Gasteiger charge is -2.08. The first-order valence-corrected chi connectivity index (χ1v) is 7.65. The van der Waals surface area contributed by atoms with E-state index in [0.29, 0.717) is 12.3 Å². The molecule has 0 aliphatic rings. The molecule has 0 bridgehead atoms. The van der Waals surface area contributed by atoms with Crippen LogP contribution in [-0.2, 0) is 11.3 Å². The SMILES string of the molecule is O=C(COc1ccc2ccccc2c1)NCc1ccsc1. The summed E-state index contributed by atoms with van der Waals surface area (Å²) in [6.45, 7) is 0.575. The first-order valence-electron chi connectivity index (χ1n) is 6.71. The zero-order valence-electron chi connectivity index (χ0n) is 11.4. The highest BCUT2D eigenvalue weighted by Gasteiger charge is 2.03. The summed E-state index contributed by atoms with van der Waals surface area (Å²) in [5.74, 6) is 0.591. The van der Waals surface area contributed by atoms with E-state index in [1.54, 1.807) is 11.3 Å². The second-order valence-corrected chi connectivity index (χ2v) is 5.49. The third-order valence-electron chi connectivity index (χ3n) is 3.16. The van der Waals surface area contributed by atoms with Crippen LogP contribution in [0, 0.1) is 0 Å². The van der Waals surface area contributed by atoms with E-state index >= 15 is 0 Å². The smallest absolute Gasteiger partial charge is 0.258 e. The Morgan fingerprint density at radius 2 is 1.95 bits per heavy atom. The Bertz CT molecular complexity index is 737. The molecule has 0 saturated heterocycles. The third kappa shape index (κ3) is 3.61. The number of carbonyl (C=O) groups excluding carboxylic acids is 1. The van der Waals surface area contributed by atoms with Crippen molar-refractivity contribution in [2.75, 3.05) is 6.61 Å². The summed E-state index contributed by atoms with van der Waals surface area (Å²) in [4.78, 5) is 11.7. The van der Waals surface area contributed by atoms with Gasteiger partial charge < -0.3 is 10.1 Å². The Kier molecular flexibility index (Phi) is 4.17. The van der Waals surface area contributed by atoms with Crippen molar-refractivity contribution in [3.8, 4) is 5.75 Å². The summed E-state index contributed by atoms with van der Waals surface area (Å²) in [5, 5.41) is 9.11. The number of benzene rings is 2. The zero-order chi connectivity index (χ0) is 14.5. The second kappa shape index (κ2) is 6.41. The van der Waals surface area contributed by atoms with Crippen LogP contribution in [0.3, 0.4) is 0 Å². The van der Waals surface area contributed by atoms with Gasteiger partial charge >= 0.3 is 0 Å². The van der Waals surface area contributed by atoms with Crippen molar-refractivity contribution in [1.29, 1.82) is 0 Å². The van der Waals surface area contributed by atoms with Gasteiger partial charge in [-0.15, -0.1) is 0 Å². The van der Waals surface area contributed by atoms with Gasteiger partial charge in [0.1, 0.15) is 5.75 Å². The van der Waals surface area contributed by atoms with Crippen molar-refractivity contribution in [3.05, 3.63) is 64.9 Å². The average Bonchev–Trinajstić information content (AvgIpc) is 3.04. The fourth-order valence-electron chi connectivity index (χ4n) is 2.05. The number of carbonyl (C=O) groups is 1. The van der Waals surface area contributed by atoms with E-state index in [1.807, 2.05) is 59.3 Å². The van der Waals surface area contributed by atoms with Gasteiger partial charge in [0.15, 0.2) is 6.61 Å². The largest absolute Gasteiger partial charge is 0.484 e. The Hall–Kier alpha value is -2.33. The number of thiophene rings is 1. The van der Waals surface area contributed by atoms with Crippen molar-refractivity contribution in [3.63, 3.8) is 0 Å². The molecule has 0 fully saturated rings. The van der Waals surface area contributed by atoms with Gasteiger partial charge in [0.25, 0.3) is 5.91 Å². The summed E-state index contributed by atoms with van der Waals surface area (Å²) in [6.07, 6.45) is 0. The van der Waals surface area contributed by atoms with Crippen LogP contribution >= 0.6 is 11.3 Å². The van der Waals surface area contributed by atoms with Gasteiger partial charge in [-0.25, -0.2) is 0 Å². The molecule has 0 aliphatic heterocycles. The molecule has 1 amide bonds. The molecule has 4 heteroatoms. The maximum absolute atomic E-state index is 11.7. The standard InChI is InChI=1S/C17H15NO2S/c19-17(18-10-13-7-8-21-12-13)11-20-16-6-5-14-3-1-2-4-15(14)9-16/h1-9,12H,10-11H2,(H,18,19). The van der Waals surface area contributed by atoms with Crippen molar-refractivity contribution in [2.24, 2.45) is 0 Å². The zero-order valence-corrected chi connectivity index (χ0v) is 12.2. The maximum Gasteiger partial charge on any atom is 0.258 e. The normalized spacial score (nSPS) is 10.5. The van der Waals surface area contributed by atoms with Gasteiger partial charge in [-0.3, -0.25) is 4.79 Å². The predicted octanol–water partition coefficient (Wildman–Crippen LogP) is 3.60. The monoisotopic (exact) mass is 297 g/mol. The van der Waals surface area contributed by atoms with E-state index in [9.17, 15) is 4.79 Å². The van der Waals surface area contributed by atoms with Crippen molar-refractivity contribution in [2.45, 2.75) is 6.54 Å². The van der Waals surface area contributed by atoms with Crippen LogP contribution in [-0.4, -0.2) is 12.5 Å². The quantitative estimate of drug-likeness (QED) is 0.781. The van der Waals surface area contributed by atoms with Crippen LogP contribution in [0.25, 0.3) is 10.8 Å². The van der Waals surface area contributed by atoms with Gasteiger partial charge in [0.05, 0.1) is 0 Å². The van der Waals surface area contributed by atoms with Crippen LogP contribution in [0.15, 0.2) is 59.3 Å². The van der Waals surface area contributed by atoms with Gasteiger partial charge in [-0.2, -0.15) is 11.3 Å². The molecule has 0 aliphatic carbocycles. The summed E-state index contributed by atoms with van der Waals surface area (Å²) in [5.41, 5.74) is 1.11. The second-order valence-electron chi connectivity index (χ2n) is 4.71. The highest BCUT2D eigenvalue weighted by Crippen LogP contribution is 2.20. The Balaban J connectivity index is 1.54. The minimum atomic E-state index is -0.116. The summed E-state index contributed by atoms with van der Waals surface area (Å²) in [6, 6.07) is 15.9. The molecule has 3 aromatic rings. The number of amides is 1. The number of nitrogens with one attached hydrogen (secondary N) is 1. The topological polar surface area (TPSA) is 38.3 Å². The van der Waals surface area contributed by atoms with Gasteiger partial charge in [-0.05, 0) is 45.3 Å². The minimum absolute atomic E-state index is 0.0302. The molecule has 0 atom stereocenters. The predicted molar refractivity (Wildman–Crippen MR) is 85.6 cm³/mol. The number of ether oxygens (including phenoxy) is 1. The van der Waals surface area contributed by atoms with E-state index in [-0.39, 0.29) is 12.5 Å². The van der Waals surface area contributed by atoms with Crippen LogP contribution < -0.4 is 10.1 Å². The number of fused-ring (bicyclic) bond motifs is 1. The van der Waals surface area contributed by atoms with Crippen LogP contribution in [0.2, 0.25) is 0 Å². The molecule has 1 N–H and O–H groups in total. The molecular formula is C17H15NO2S. The molecule has 1 aromatic heterocycles. The molecule has 0 saturated carbocycles. The van der Waals surface area contributed by atoms with Crippen LogP contribution in [0.5, 0.6) is 5.75 Å². The van der Waals surface area contributed by atoms with Gasteiger partial charge in [0, 0.05) is 6.54 Å². The van der Waals surface area contributed by atoms with E-state index in [0.717, 1.165) is 16.3 Å². The lowest BCUT2D eigenvalue weighted by Crippen LogP contribution is -2.28. The summed E-state index contributed by atoms with van der Waals surface area (Å²) in [7, 11) is 0. The number of hydrogen-bond acceptors (Lipinski definition) is 3. The summed E-state index contributed by atoms with van der Waals surface area (Å²) < 4.78 is 5.54. The Labute approximate surface area is 127 Å². The molecule has 0 spiro atoms. The van der Waals surface area contributed by atoms with E-state index in [1.165, 1.54) is 0 Å². The molecular weight excluding hydrogens is 282 g/mol. The molecule has 3 rings (SSSR count). The molecule has 0 unspecified atom stereocenters. The van der Waals surface area contributed by atoms with E-state index in [2.05, 4.69) is 5.32 Å². The number of hydrogen-bond donors (Lipinski definition) is 1. The molecule has 1 heterocycles. The van der Waals surface area contributed by atoms with E-state index < -0.39 is 0 Å². The van der Waals surface area contributed by atoms with Crippen LogP contribution in [0.1, 0.15) is 5.56 Å². The average molecular weight is 297 g/mol. The third-order valence-corrected chi connectivity index (χ3v) is 3.89. The molecule has 106 valence electrons. The molecule has 21 heavy (non-hydrogen) atoms. The fraction of sp³-hybridized carbons (Fsp3) is 0.118. The summed E-state index contributed by atoms with van der Waals surface area (Å²) >= 11 is 1.62. The molecule has 0 radical (unpaired) electrons. The lowest BCUT2D eigenvalue weighted by molar-refractivity contribution is -0.123. The van der Waals surface area contributed by atoms with Crippen molar-refractivity contribution >= 4 is 28.0 Å². The van der Waals surface area contributed by atoms with Gasteiger partial charge in [0.2, 0.25) is 0 Å². The molecule has 3 nitrogen and oxygen atoms in total. The lowest BCUT2D eigenvalue weighted by atomic mass is 10.1. The number of rotatable bonds is 5. The first kappa shape index (κ1) is 13.6. The van der Waals surface area contributed by atoms with E-state index in [4.69, 9.17) is 4.74 Å². The van der Waals surface area contributed by atoms with Crippen LogP contribution in [0.4, 0.5) is 0 Å². The van der Waals surface area contributed by atoms with Gasteiger partial charge in [-0.1, -0.05) is 30.3 Å². The Morgan fingerprint density at radius 1 is 1.10 bits per heavy atom. The fourth-order valence-corrected chi connectivity index (χ4v) is 2.72. The van der Waals surface area contributed by atoms with Crippen molar-refractivity contribution in [1.82, 2.24) is 5.32 Å². The minimum Gasteiger partial charge on any atom is -0.484 e. The highest BCUT2D eigenvalue weighted by atomic mass is 32.1. The highest BCUT2D eigenvalue weighted by molar-refractivity contribution is 7.07.